The predicted octanol–water partition coefficient (Wildman–Crippen LogP) is 4.20. The quantitative estimate of drug-likeness (QED) is 0.459. The number of carbonyl (C=O) groups is 1. The number of ether oxygens (including phenoxy) is 1. The maximum atomic E-state index is 14.1. The lowest BCUT2D eigenvalue weighted by molar-refractivity contribution is 0.0746. The molecule has 32 heavy (non-hydrogen) atoms. The molecule has 0 aliphatic heterocycles. The van der Waals surface area contributed by atoms with Gasteiger partial charge in [0.05, 0.1) is 18.2 Å². The van der Waals surface area contributed by atoms with Crippen molar-refractivity contribution in [2.45, 2.75) is 13.5 Å². The number of para-hydroxylation sites is 1. The first-order chi connectivity index (χ1) is 15.5. The molecule has 0 bridgehead atoms. The highest BCUT2D eigenvalue weighted by molar-refractivity contribution is 6.04. The maximum Gasteiger partial charge on any atom is 0.279 e. The molecule has 0 spiro atoms. The van der Waals surface area contributed by atoms with Crippen LogP contribution in [0.5, 0.6) is 5.75 Å². The van der Waals surface area contributed by atoms with Crippen molar-refractivity contribution in [3.05, 3.63) is 100 Å². The molecule has 1 aromatic heterocycles. The third-order valence-corrected chi connectivity index (χ3v) is 5.27. The Balaban J connectivity index is 1.79. The molecule has 0 N–H and O–H groups in total. The van der Waals surface area contributed by atoms with Gasteiger partial charge >= 0.3 is 0 Å². The van der Waals surface area contributed by atoms with Crippen LogP contribution in [0.3, 0.4) is 0 Å². The summed E-state index contributed by atoms with van der Waals surface area (Å²) in [4.78, 5) is 28.1. The van der Waals surface area contributed by atoms with Crippen LogP contribution in [0.2, 0.25) is 0 Å². The van der Waals surface area contributed by atoms with Crippen LogP contribution < -0.4 is 10.3 Å². The van der Waals surface area contributed by atoms with Crippen LogP contribution >= 0.6 is 0 Å². The van der Waals surface area contributed by atoms with Crippen molar-refractivity contribution in [3.8, 4) is 11.4 Å². The molecule has 7 heteroatoms. The van der Waals surface area contributed by atoms with Gasteiger partial charge in [-0.3, -0.25) is 9.59 Å². The minimum atomic E-state index is -0.491. The number of fused-ring (bicyclic) bond motifs is 1. The molecule has 0 aliphatic rings. The number of halogens is 1. The van der Waals surface area contributed by atoms with Gasteiger partial charge in [-0.05, 0) is 42.8 Å². The first kappa shape index (κ1) is 21.2. The van der Waals surface area contributed by atoms with E-state index in [0.717, 1.165) is 0 Å². The average Bonchev–Trinajstić information content (AvgIpc) is 2.83. The highest BCUT2D eigenvalue weighted by Crippen LogP contribution is 2.21. The monoisotopic (exact) mass is 431 g/mol. The lowest BCUT2D eigenvalue weighted by Gasteiger charge is -2.22. The summed E-state index contributed by atoms with van der Waals surface area (Å²) in [6, 6.07) is 20.5. The van der Waals surface area contributed by atoms with Gasteiger partial charge in [-0.1, -0.05) is 42.5 Å². The lowest BCUT2D eigenvalue weighted by atomic mass is 10.1. The van der Waals surface area contributed by atoms with Crippen LogP contribution in [0.1, 0.15) is 23.0 Å². The fourth-order valence-electron chi connectivity index (χ4n) is 3.60. The summed E-state index contributed by atoms with van der Waals surface area (Å²) in [5.41, 5.74) is 1.06. The van der Waals surface area contributed by atoms with Crippen molar-refractivity contribution in [3.63, 3.8) is 0 Å². The molecule has 0 radical (unpaired) electrons. The van der Waals surface area contributed by atoms with Gasteiger partial charge in [-0.15, -0.1) is 0 Å². The molecule has 0 saturated heterocycles. The van der Waals surface area contributed by atoms with Gasteiger partial charge in [-0.2, -0.15) is 9.78 Å². The van der Waals surface area contributed by atoms with Gasteiger partial charge in [0.25, 0.3) is 11.5 Å². The lowest BCUT2D eigenvalue weighted by Crippen LogP contribution is -2.33. The van der Waals surface area contributed by atoms with Crippen LogP contribution in [-0.2, 0) is 6.54 Å². The minimum absolute atomic E-state index is 0.144. The van der Waals surface area contributed by atoms with E-state index >= 15 is 0 Å². The zero-order valence-corrected chi connectivity index (χ0v) is 17.8. The highest BCUT2D eigenvalue weighted by atomic mass is 19.1. The molecule has 0 fully saturated rings. The smallest absolute Gasteiger partial charge is 0.279 e. The fourth-order valence-corrected chi connectivity index (χ4v) is 3.60. The Morgan fingerprint density at radius 3 is 2.38 bits per heavy atom. The Hall–Kier alpha value is -4.00. The molecule has 3 aromatic carbocycles. The normalized spacial score (nSPS) is 10.8. The SMILES string of the molecule is CCN(Cc1ccc(OC)c(F)c1)C(=O)c1nn(-c2ccccc2)c(=O)c2ccccc12. The molecule has 0 aliphatic carbocycles. The summed E-state index contributed by atoms with van der Waals surface area (Å²) in [5.74, 6) is -0.690. The number of carbonyl (C=O) groups excluding carboxylic acids is 1. The number of amides is 1. The largest absolute Gasteiger partial charge is 0.494 e. The number of nitrogens with zero attached hydrogens (tertiary/aromatic N) is 3. The first-order valence-electron chi connectivity index (χ1n) is 10.2. The third kappa shape index (κ3) is 3.97. The summed E-state index contributed by atoms with van der Waals surface area (Å²) < 4.78 is 20.4. The summed E-state index contributed by atoms with van der Waals surface area (Å²) >= 11 is 0. The van der Waals surface area contributed by atoms with Gasteiger partial charge < -0.3 is 9.64 Å². The van der Waals surface area contributed by atoms with Crippen molar-refractivity contribution < 1.29 is 13.9 Å². The van der Waals surface area contributed by atoms with Crippen molar-refractivity contribution in [1.29, 1.82) is 0 Å². The van der Waals surface area contributed by atoms with E-state index in [0.29, 0.717) is 28.6 Å². The Morgan fingerprint density at radius 1 is 1.03 bits per heavy atom. The molecular weight excluding hydrogens is 409 g/mol. The Bertz CT molecular complexity index is 1340. The van der Waals surface area contributed by atoms with Crippen molar-refractivity contribution in [2.24, 2.45) is 0 Å². The number of methoxy groups -OCH3 is 1. The van der Waals surface area contributed by atoms with Gasteiger partial charge in [0, 0.05) is 18.5 Å². The third-order valence-electron chi connectivity index (χ3n) is 5.27. The average molecular weight is 431 g/mol. The maximum absolute atomic E-state index is 14.1. The summed E-state index contributed by atoms with van der Waals surface area (Å²) in [6.45, 7) is 2.41. The van der Waals surface area contributed by atoms with E-state index < -0.39 is 5.82 Å². The second-order valence-electron chi connectivity index (χ2n) is 7.23. The zero-order valence-electron chi connectivity index (χ0n) is 17.8. The van der Waals surface area contributed by atoms with Gasteiger partial charge in [-0.25, -0.2) is 4.39 Å². The van der Waals surface area contributed by atoms with Crippen LogP contribution in [-0.4, -0.2) is 34.2 Å². The second-order valence-corrected chi connectivity index (χ2v) is 7.23. The molecular formula is C25H22FN3O3. The Morgan fingerprint density at radius 2 is 1.72 bits per heavy atom. The van der Waals surface area contributed by atoms with E-state index in [1.807, 2.05) is 13.0 Å². The van der Waals surface area contributed by atoms with E-state index in [1.165, 1.54) is 23.9 Å². The fraction of sp³-hybridized carbons (Fsp3) is 0.160. The first-order valence-corrected chi connectivity index (χ1v) is 10.2. The Labute approximate surface area is 184 Å². The van der Waals surface area contributed by atoms with Crippen molar-refractivity contribution >= 4 is 16.7 Å². The summed E-state index contributed by atoms with van der Waals surface area (Å²) in [5, 5.41) is 5.33. The molecule has 0 unspecified atom stereocenters. The molecule has 6 nitrogen and oxygen atoms in total. The Kier molecular flexibility index (Phi) is 5.98. The van der Waals surface area contributed by atoms with Crippen LogP contribution in [0.25, 0.3) is 16.5 Å². The van der Waals surface area contributed by atoms with Gasteiger partial charge in [0.2, 0.25) is 0 Å². The molecule has 0 atom stereocenters. The standard InChI is InChI=1S/C25H22FN3O3/c1-3-28(16-17-13-14-22(32-2)21(26)15-17)25(31)23-19-11-7-8-12-20(19)24(30)29(27-23)18-9-5-4-6-10-18/h4-15H,3,16H2,1-2H3. The van der Waals surface area contributed by atoms with E-state index in [4.69, 9.17) is 4.74 Å². The zero-order chi connectivity index (χ0) is 22.7. The number of rotatable bonds is 6. The van der Waals surface area contributed by atoms with E-state index in [9.17, 15) is 14.0 Å². The molecule has 4 rings (SSSR count). The highest BCUT2D eigenvalue weighted by Gasteiger charge is 2.22. The van der Waals surface area contributed by atoms with Gasteiger partial charge in [0.15, 0.2) is 17.3 Å². The van der Waals surface area contributed by atoms with Crippen molar-refractivity contribution in [1.82, 2.24) is 14.7 Å². The van der Waals surface area contributed by atoms with Crippen LogP contribution in [0.15, 0.2) is 77.6 Å². The number of hydrogen-bond donors (Lipinski definition) is 0. The van der Waals surface area contributed by atoms with E-state index in [1.54, 1.807) is 59.5 Å². The van der Waals surface area contributed by atoms with Crippen LogP contribution in [0.4, 0.5) is 4.39 Å². The number of hydrogen-bond acceptors (Lipinski definition) is 4. The van der Waals surface area contributed by atoms with Gasteiger partial charge in [0.1, 0.15) is 0 Å². The topological polar surface area (TPSA) is 64.4 Å². The summed E-state index contributed by atoms with van der Waals surface area (Å²) in [6.07, 6.45) is 0. The number of aromatic nitrogens is 2. The molecule has 4 aromatic rings. The predicted molar refractivity (Wildman–Crippen MR) is 121 cm³/mol. The van der Waals surface area contributed by atoms with Crippen LogP contribution in [0, 0.1) is 5.82 Å². The summed E-state index contributed by atoms with van der Waals surface area (Å²) in [7, 11) is 1.40. The molecule has 1 heterocycles. The molecule has 0 saturated carbocycles. The minimum Gasteiger partial charge on any atom is -0.494 e. The number of benzene rings is 3. The molecule has 1 amide bonds. The van der Waals surface area contributed by atoms with E-state index in [-0.39, 0.29) is 29.5 Å². The van der Waals surface area contributed by atoms with Crippen molar-refractivity contribution in [2.75, 3.05) is 13.7 Å². The van der Waals surface area contributed by atoms with E-state index in [2.05, 4.69) is 5.10 Å². The molecule has 162 valence electrons. The second kappa shape index (κ2) is 9.01.